The monoisotopic (exact) mass is 371 g/mol. The summed E-state index contributed by atoms with van der Waals surface area (Å²) in [5, 5.41) is 2.99. The number of amides is 1. The summed E-state index contributed by atoms with van der Waals surface area (Å²) in [6, 6.07) is 10.5. The van der Waals surface area contributed by atoms with Gasteiger partial charge in [-0.3, -0.25) is 4.79 Å². The Morgan fingerprint density at radius 1 is 1.24 bits per heavy atom. The van der Waals surface area contributed by atoms with Crippen LogP contribution in [0.15, 0.2) is 42.5 Å². The molecule has 1 amide bonds. The molecular formula is C17H13ClF3NO3. The predicted molar refractivity (Wildman–Crippen MR) is 85.9 cm³/mol. The van der Waals surface area contributed by atoms with Crippen LogP contribution in [0.3, 0.4) is 0 Å². The van der Waals surface area contributed by atoms with Crippen LogP contribution in [0.2, 0.25) is 5.02 Å². The Labute approximate surface area is 146 Å². The fraction of sp³-hybridized carbons (Fsp3) is 0.235. The van der Waals surface area contributed by atoms with Crippen molar-refractivity contribution in [1.29, 1.82) is 0 Å². The Balaban J connectivity index is 1.73. The molecule has 25 heavy (non-hydrogen) atoms. The number of fused-ring (bicyclic) bond motifs is 1. The molecule has 1 unspecified atom stereocenters. The standard InChI is InChI=1S/C17H13ClF3NO3/c18-12-5-6-14-10(8-12)7-11(9-24-14)16(23)22-13-3-1-2-4-15(13)25-17(19,20)21/h1-6,8,11H,7,9H2,(H,22,23). The minimum absolute atomic E-state index is 0.0540. The zero-order valence-electron chi connectivity index (χ0n) is 12.8. The number of benzene rings is 2. The maximum Gasteiger partial charge on any atom is 0.573 e. The largest absolute Gasteiger partial charge is 0.573 e. The third-order valence-electron chi connectivity index (χ3n) is 3.67. The quantitative estimate of drug-likeness (QED) is 0.868. The minimum atomic E-state index is -4.84. The fourth-order valence-electron chi connectivity index (χ4n) is 2.55. The summed E-state index contributed by atoms with van der Waals surface area (Å²) >= 11 is 5.94. The van der Waals surface area contributed by atoms with E-state index in [-0.39, 0.29) is 12.3 Å². The molecule has 0 fully saturated rings. The third-order valence-corrected chi connectivity index (χ3v) is 3.91. The van der Waals surface area contributed by atoms with E-state index in [1.54, 1.807) is 18.2 Å². The van der Waals surface area contributed by atoms with Crippen LogP contribution in [0.5, 0.6) is 11.5 Å². The lowest BCUT2D eigenvalue weighted by molar-refractivity contribution is -0.274. The van der Waals surface area contributed by atoms with Gasteiger partial charge in [-0.25, -0.2) is 0 Å². The van der Waals surface area contributed by atoms with Crippen LogP contribution in [0.1, 0.15) is 5.56 Å². The molecule has 0 spiro atoms. The lowest BCUT2D eigenvalue weighted by Gasteiger charge is -2.25. The Hall–Kier alpha value is -2.41. The highest BCUT2D eigenvalue weighted by Crippen LogP contribution is 2.32. The number of hydrogen-bond donors (Lipinski definition) is 1. The highest BCUT2D eigenvalue weighted by atomic mass is 35.5. The van der Waals surface area contributed by atoms with Crippen LogP contribution in [-0.2, 0) is 11.2 Å². The molecule has 0 bridgehead atoms. The number of para-hydroxylation sites is 2. The van der Waals surface area contributed by atoms with Crippen molar-refractivity contribution in [3.05, 3.63) is 53.1 Å². The van der Waals surface area contributed by atoms with Gasteiger partial charge in [0.2, 0.25) is 5.91 Å². The van der Waals surface area contributed by atoms with E-state index in [0.29, 0.717) is 17.2 Å². The summed E-state index contributed by atoms with van der Waals surface area (Å²) < 4.78 is 46.8. The van der Waals surface area contributed by atoms with Gasteiger partial charge in [0.25, 0.3) is 0 Å². The number of carbonyl (C=O) groups excluding carboxylic acids is 1. The maximum absolute atomic E-state index is 12.4. The topological polar surface area (TPSA) is 47.6 Å². The Kier molecular flexibility index (Phi) is 4.76. The molecular weight excluding hydrogens is 359 g/mol. The van der Waals surface area contributed by atoms with Gasteiger partial charge in [-0.2, -0.15) is 0 Å². The molecule has 1 N–H and O–H groups in total. The summed E-state index contributed by atoms with van der Waals surface area (Å²) in [7, 11) is 0. The van der Waals surface area contributed by atoms with Crippen LogP contribution in [0.4, 0.5) is 18.9 Å². The first-order valence-corrected chi connectivity index (χ1v) is 7.76. The lowest BCUT2D eigenvalue weighted by atomic mass is 9.96. The number of rotatable bonds is 3. The molecule has 2 aromatic carbocycles. The molecule has 0 aromatic heterocycles. The van der Waals surface area contributed by atoms with Gasteiger partial charge in [-0.1, -0.05) is 23.7 Å². The van der Waals surface area contributed by atoms with E-state index >= 15 is 0 Å². The first kappa shape index (κ1) is 17.4. The van der Waals surface area contributed by atoms with Crippen molar-refractivity contribution in [2.45, 2.75) is 12.8 Å². The van der Waals surface area contributed by atoms with Crippen molar-refractivity contribution < 1.29 is 27.4 Å². The molecule has 132 valence electrons. The van der Waals surface area contributed by atoms with Gasteiger partial charge < -0.3 is 14.8 Å². The summed E-state index contributed by atoms with van der Waals surface area (Å²) in [6.45, 7) is 0.128. The van der Waals surface area contributed by atoms with Crippen molar-refractivity contribution in [2.24, 2.45) is 5.92 Å². The SMILES string of the molecule is O=C(Nc1ccccc1OC(F)(F)F)C1COc2ccc(Cl)cc2C1. The first-order valence-electron chi connectivity index (χ1n) is 7.39. The molecule has 0 saturated heterocycles. The second kappa shape index (κ2) is 6.84. The van der Waals surface area contributed by atoms with Crippen LogP contribution in [0.25, 0.3) is 0 Å². The average Bonchev–Trinajstić information content (AvgIpc) is 2.54. The van der Waals surface area contributed by atoms with Crippen LogP contribution in [-0.4, -0.2) is 18.9 Å². The van der Waals surface area contributed by atoms with Gasteiger partial charge in [0.05, 0.1) is 11.6 Å². The molecule has 1 aliphatic rings. The van der Waals surface area contributed by atoms with E-state index in [1.165, 1.54) is 18.2 Å². The number of halogens is 4. The van der Waals surface area contributed by atoms with Crippen molar-refractivity contribution in [2.75, 3.05) is 11.9 Å². The smallest absolute Gasteiger partial charge is 0.492 e. The predicted octanol–water partition coefficient (Wildman–Crippen LogP) is 4.43. The number of anilines is 1. The zero-order valence-corrected chi connectivity index (χ0v) is 13.5. The first-order chi connectivity index (χ1) is 11.8. The molecule has 0 saturated carbocycles. The van der Waals surface area contributed by atoms with Crippen molar-refractivity contribution in [3.8, 4) is 11.5 Å². The third kappa shape index (κ3) is 4.36. The van der Waals surface area contributed by atoms with Gasteiger partial charge in [-0.15, -0.1) is 13.2 Å². The van der Waals surface area contributed by atoms with Crippen molar-refractivity contribution >= 4 is 23.2 Å². The summed E-state index contributed by atoms with van der Waals surface area (Å²) in [4.78, 5) is 12.4. The summed E-state index contributed by atoms with van der Waals surface area (Å²) in [6.07, 6.45) is -4.46. The normalized spacial score (nSPS) is 16.6. The molecule has 1 atom stereocenters. The highest BCUT2D eigenvalue weighted by molar-refractivity contribution is 6.30. The number of hydrogen-bond acceptors (Lipinski definition) is 3. The van der Waals surface area contributed by atoms with Gasteiger partial charge in [-0.05, 0) is 42.3 Å². The number of alkyl halides is 3. The minimum Gasteiger partial charge on any atom is -0.492 e. The number of ether oxygens (including phenoxy) is 2. The zero-order chi connectivity index (χ0) is 18.0. The van der Waals surface area contributed by atoms with Gasteiger partial charge >= 0.3 is 6.36 Å². The molecule has 0 radical (unpaired) electrons. The van der Waals surface area contributed by atoms with Crippen LogP contribution < -0.4 is 14.8 Å². The van der Waals surface area contributed by atoms with E-state index in [2.05, 4.69) is 10.1 Å². The average molecular weight is 372 g/mol. The molecule has 8 heteroatoms. The number of carbonyl (C=O) groups is 1. The van der Waals surface area contributed by atoms with Crippen LogP contribution >= 0.6 is 11.6 Å². The lowest BCUT2D eigenvalue weighted by Crippen LogP contribution is -2.32. The Morgan fingerprint density at radius 3 is 2.76 bits per heavy atom. The van der Waals surface area contributed by atoms with E-state index < -0.39 is 23.9 Å². The fourth-order valence-corrected chi connectivity index (χ4v) is 2.74. The molecule has 3 rings (SSSR count). The van der Waals surface area contributed by atoms with Gasteiger partial charge in [0.15, 0.2) is 5.75 Å². The van der Waals surface area contributed by atoms with E-state index in [9.17, 15) is 18.0 Å². The second-order valence-corrected chi connectivity index (χ2v) is 5.93. The Morgan fingerprint density at radius 2 is 2.00 bits per heavy atom. The van der Waals surface area contributed by atoms with Gasteiger partial charge in [0, 0.05) is 5.02 Å². The van der Waals surface area contributed by atoms with Crippen molar-refractivity contribution in [3.63, 3.8) is 0 Å². The van der Waals surface area contributed by atoms with E-state index in [0.717, 1.165) is 11.6 Å². The van der Waals surface area contributed by atoms with E-state index in [1.807, 2.05) is 0 Å². The number of nitrogens with one attached hydrogen (secondary N) is 1. The second-order valence-electron chi connectivity index (χ2n) is 5.50. The highest BCUT2D eigenvalue weighted by Gasteiger charge is 2.33. The Bertz CT molecular complexity index is 795. The summed E-state index contributed by atoms with van der Waals surface area (Å²) in [5.41, 5.74) is 0.723. The van der Waals surface area contributed by atoms with Crippen LogP contribution in [0, 0.1) is 5.92 Å². The molecule has 0 aliphatic carbocycles. The maximum atomic E-state index is 12.4. The van der Waals surface area contributed by atoms with E-state index in [4.69, 9.17) is 16.3 Å². The molecule has 2 aromatic rings. The molecule has 4 nitrogen and oxygen atoms in total. The molecule has 1 heterocycles. The molecule has 1 aliphatic heterocycles. The summed E-state index contributed by atoms with van der Waals surface area (Å²) in [5.74, 6) is -0.827. The van der Waals surface area contributed by atoms with Crippen molar-refractivity contribution in [1.82, 2.24) is 0 Å². The van der Waals surface area contributed by atoms with Gasteiger partial charge in [0.1, 0.15) is 12.4 Å².